The van der Waals surface area contributed by atoms with E-state index in [0.29, 0.717) is 18.3 Å². The van der Waals surface area contributed by atoms with Gasteiger partial charge in [-0.3, -0.25) is 4.98 Å². The summed E-state index contributed by atoms with van der Waals surface area (Å²) < 4.78 is 5.32. The zero-order chi connectivity index (χ0) is 13.8. The van der Waals surface area contributed by atoms with Crippen LogP contribution in [0.3, 0.4) is 0 Å². The first-order chi connectivity index (χ1) is 9.11. The van der Waals surface area contributed by atoms with Crippen molar-refractivity contribution in [2.45, 2.75) is 39.5 Å². The summed E-state index contributed by atoms with van der Waals surface area (Å²) >= 11 is 0. The number of hydrogen-bond donors (Lipinski definition) is 1. The minimum Gasteiger partial charge on any atom is -0.339 e. The van der Waals surface area contributed by atoms with Crippen molar-refractivity contribution in [2.75, 3.05) is 6.54 Å². The van der Waals surface area contributed by atoms with Crippen molar-refractivity contribution in [3.8, 4) is 11.5 Å². The second-order valence-electron chi connectivity index (χ2n) is 4.97. The molecule has 1 atom stereocenters. The van der Waals surface area contributed by atoms with Crippen LogP contribution in [-0.2, 0) is 0 Å². The van der Waals surface area contributed by atoms with E-state index in [1.165, 1.54) is 0 Å². The highest BCUT2D eigenvalue weighted by molar-refractivity contribution is 5.54. The molecule has 102 valence electrons. The molecule has 0 saturated heterocycles. The number of aryl methyl sites for hydroxylation is 2. The van der Waals surface area contributed by atoms with Crippen LogP contribution in [0.5, 0.6) is 0 Å². The minimum absolute atomic E-state index is 0.232. The van der Waals surface area contributed by atoms with Crippen molar-refractivity contribution in [1.29, 1.82) is 0 Å². The molecule has 0 saturated carbocycles. The summed E-state index contributed by atoms with van der Waals surface area (Å²) in [6.07, 6.45) is 3.73. The zero-order valence-electron chi connectivity index (χ0n) is 11.7. The molecule has 2 heterocycles. The molecule has 0 aromatic carbocycles. The smallest absolute Gasteiger partial charge is 0.229 e. The Morgan fingerprint density at radius 1 is 1.37 bits per heavy atom. The second kappa shape index (κ2) is 5.93. The van der Waals surface area contributed by atoms with Crippen LogP contribution in [0.2, 0.25) is 0 Å². The molecular weight excluding hydrogens is 240 g/mol. The number of aromatic nitrogens is 3. The lowest BCUT2D eigenvalue weighted by molar-refractivity contribution is 0.352. The number of nitrogens with zero attached hydrogens (tertiary/aromatic N) is 3. The van der Waals surface area contributed by atoms with Gasteiger partial charge in [-0.15, -0.1) is 0 Å². The van der Waals surface area contributed by atoms with Crippen molar-refractivity contribution >= 4 is 0 Å². The Morgan fingerprint density at radius 3 is 2.84 bits per heavy atom. The van der Waals surface area contributed by atoms with Crippen LogP contribution in [0.15, 0.2) is 16.8 Å². The van der Waals surface area contributed by atoms with Crippen LogP contribution in [-0.4, -0.2) is 21.7 Å². The van der Waals surface area contributed by atoms with Crippen LogP contribution < -0.4 is 5.73 Å². The van der Waals surface area contributed by atoms with Crippen LogP contribution in [0.1, 0.15) is 42.7 Å². The van der Waals surface area contributed by atoms with Crippen LogP contribution in [0, 0.1) is 13.8 Å². The van der Waals surface area contributed by atoms with Crippen LogP contribution in [0.25, 0.3) is 11.5 Å². The molecular formula is C14H20N4O. The highest BCUT2D eigenvalue weighted by Crippen LogP contribution is 2.23. The minimum atomic E-state index is 0.232. The Hall–Kier alpha value is -1.75. The first-order valence-electron chi connectivity index (χ1n) is 6.59. The van der Waals surface area contributed by atoms with Crippen LogP contribution >= 0.6 is 0 Å². The van der Waals surface area contributed by atoms with E-state index in [4.69, 9.17) is 10.3 Å². The predicted octanol–water partition coefficient (Wildman–Crippen LogP) is 2.59. The zero-order valence-corrected chi connectivity index (χ0v) is 11.7. The summed E-state index contributed by atoms with van der Waals surface area (Å²) in [6, 6.07) is 2.07. The van der Waals surface area contributed by atoms with E-state index in [9.17, 15) is 0 Å². The lowest BCUT2D eigenvalue weighted by Crippen LogP contribution is -2.02. The molecule has 0 aliphatic carbocycles. The largest absolute Gasteiger partial charge is 0.339 e. The van der Waals surface area contributed by atoms with E-state index in [-0.39, 0.29) is 5.92 Å². The molecule has 1 unspecified atom stereocenters. The second-order valence-corrected chi connectivity index (χ2v) is 4.97. The topological polar surface area (TPSA) is 77.8 Å². The van der Waals surface area contributed by atoms with Gasteiger partial charge in [0, 0.05) is 12.1 Å². The number of hydrogen-bond acceptors (Lipinski definition) is 5. The predicted molar refractivity (Wildman–Crippen MR) is 73.7 cm³/mol. The lowest BCUT2D eigenvalue weighted by atomic mass is 10.1. The van der Waals surface area contributed by atoms with E-state index < -0.39 is 0 Å². The number of nitrogens with two attached hydrogens (primary N) is 1. The third kappa shape index (κ3) is 3.17. The van der Waals surface area contributed by atoms with Crippen molar-refractivity contribution in [3.63, 3.8) is 0 Å². The summed E-state index contributed by atoms with van der Waals surface area (Å²) in [4.78, 5) is 8.82. The van der Waals surface area contributed by atoms with Crippen molar-refractivity contribution in [3.05, 3.63) is 29.3 Å². The van der Waals surface area contributed by atoms with E-state index in [0.717, 1.165) is 29.7 Å². The van der Waals surface area contributed by atoms with E-state index >= 15 is 0 Å². The van der Waals surface area contributed by atoms with Gasteiger partial charge in [0.2, 0.25) is 11.7 Å². The average molecular weight is 260 g/mol. The van der Waals surface area contributed by atoms with Gasteiger partial charge >= 0.3 is 0 Å². The Kier molecular flexibility index (Phi) is 4.27. The fourth-order valence-electron chi connectivity index (χ4n) is 2.03. The van der Waals surface area contributed by atoms with E-state index in [2.05, 4.69) is 28.1 Å². The maximum atomic E-state index is 5.51. The Labute approximate surface area is 113 Å². The first-order valence-corrected chi connectivity index (χ1v) is 6.59. The summed E-state index contributed by atoms with van der Waals surface area (Å²) in [5.74, 6) is 1.45. The summed E-state index contributed by atoms with van der Waals surface area (Å²) in [5.41, 5.74) is 8.48. The van der Waals surface area contributed by atoms with E-state index in [1.807, 2.05) is 20.0 Å². The van der Waals surface area contributed by atoms with Gasteiger partial charge in [0.1, 0.15) is 5.69 Å². The maximum absolute atomic E-state index is 5.51. The Balaban J connectivity index is 2.20. The highest BCUT2D eigenvalue weighted by atomic mass is 16.5. The van der Waals surface area contributed by atoms with Crippen molar-refractivity contribution in [1.82, 2.24) is 15.1 Å². The van der Waals surface area contributed by atoms with Gasteiger partial charge < -0.3 is 10.3 Å². The highest BCUT2D eigenvalue weighted by Gasteiger charge is 2.16. The SMILES string of the molecule is Cc1cnc(-c2noc(C(C)CCCN)n2)c(C)c1. The third-order valence-corrected chi connectivity index (χ3v) is 3.13. The molecule has 0 radical (unpaired) electrons. The number of pyridine rings is 1. The molecule has 2 aromatic heterocycles. The van der Waals surface area contributed by atoms with Crippen molar-refractivity contribution in [2.24, 2.45) is 5.73 Å². The molecule has 19 heavy (non-hydrogen) atoms. The van der Waals surface area contributed by atoms with Gasteiger partial charge in [0.25, 0.3) is 0 Å². The molecule has 2 N–H and O–H groups in total. The third-order valence-electron chi connectivity index (χ3n) is 3.13. The van der Waals surface area contributed by atoms with Gasteiger partial charge in [-0.2, -0.15) is 4.98 Å². The standard InChI is InChI=1S/C14H20N4O/c1-9-7-11(3)12(16-8-9)13-17-14(19-18-13)10(2)5-4-6-15/h7-8,10H,4-6,15H2,1-3H3. The molecule has 5 heteroatoms. The maximum Gasteiger partial charge on any atom is 0.229 e. The molecule has 0 aliphatic heterocycles. The van der Waals surface area contributed by atoms with E-state index in [1.54, 1.807) is 0 Å². The van der Waals surface area contributed by atoms with Gasteiger partial charge in [0.15, 0.2) is 0 Å². The molecule has 0 amide bonds. The van der Waals surface area contributed by atoms with Gasteiger partial charge in [-0.05, 0) is 44.4 Å². The van der Waals surface area contributed by atoms with Gasteiger partial charge in [0.05, 0.1) is 0 Å². The monoisotopic (exact) mass is 260 g/mol. The molecule has 5 nitrogen and oxygen atoms in total. The van der Waals surface area contributed by atoms with Crippen molar-refractivity contribution < 1.29 is 4.52 Å². The molecule has 0 aliphatic rings. The Morgan fingerprint density at radius 2 is 2.16 bits per heavy atom. The average Bonchev–Trinajstić information content (AvgIpc) is 2.85. The van der Waals surface area contributed by atoms with Gasteiger partial charge in [-0.25, -0.2) is 0 Å². The summed E-state index contributed by atoms with van der Waals surface area (Å²) in [7, 11) is 0. The normalized spacial score (nSPS) is 12.6. The quantitative estimate of drug-likeness (QED) is 0.894. The molecule has 0 fully saturated rings. The molecule has 2 aromatic rings. The summed E-state index contributed by atoms with van der Waals surface area (Å²) in [6.45, 7) is 6.77. The fraction of sp³-hybridized carbons (Fsp3) is 0.500. The fourth-order valence-corrected chi connectivity index (χ4v) is 2.03. The first kappa shape index (κ1) is 13.7. The molecule has 2 rings (SSSR count). The van der Waals surface area contributed by atoms with Crippen LogP contribution in [0.4, 0.5) is 0 Å². The summed E-state index contributed by atoms with van der Waals surface area (Å²) in [5, 5.41) is 4.03. The molecule has 0 spiro atoms. The molecule has 0 bridgehead atoms. The Bertz CT molecular complexity index is 550. The van der Waals surface area contributed by atoms with Gasteiger partial charge in [-0.1, -0.05) is 18.1 Å². The lowest BCUT2D eigenvalue weighted by Gasteiger charge is -2.03. The number of rotatable bonds is 5.